The fourth-order valence-corrected chi connectivity index (χ4v) is 2.84. The largest absolute Gasteiger partial charge is 0.389 e. The predicted octanol–water partition coefficient (Wildman–Crippen LogP) is 3.31. The van der Waals surface area contributed by atoms with Crippen LogP contribution < -0.4 is 10.6 Å². The summed E-state index contributed by atoms with van der Waals surface area (Å²) in [6.45, 7) is 8.17. The molecule has 0 spiro atoms. The Kier molecular flexibility index (Phi) is 9.52. The number of benzene rings is 2. The summed E-state index contributed by atoms with van der Waals surface area (Å²) in [4.78, 5) is 4.52. The summed E-state index contributed by atoms with van der Waals surface area (Å²) in [6.07, 6.45) is -0.638. The second kappa shape index (κ2) is 12.2. The maximum Gasteiger partial charge on any atom is 0.191 e. The third-order valence-corrected chi connectivity index (χ3v) is 4.67. The average molecular weight is 384 g/mol. The van der Waals surface area contributed by atoms with E-state index in [-0.39, 0.29) is 19.2 Å². The van der Waals surface area contributed by atoms with E-state index in [1.807, 2.05) is 43.3 Å². The van der Waals surface area contributed by atoms with Crippen molar-refractivity contribution in [3.05, 3.63) is 71.8 Å². The molecule has 0 saturated carbocycles. The maximum atomic E-state index is 10.2. The van der Waals surface area contributed by atoms with Crippen molar-refractivity contribution in [2.24, 2.45) is 4.99 Å². The highest BCUT2D eigenvalue weighted by atomic mass is 16.5. The van der Waals surface area contributed by atoms with Gasteiger partial charge in [-0.15, -0.1) is 0 Å². The van der Waals surface area contributed by atoms with E-state index in [1.165, 1.54) is 5.56 Å². The number of nitrogens with one attached hydrogen (secondary N) is 2. The number of nitrogens with zero attached hydrogens (tertiary/aromatic N) is 1. The van der Waals surface area contributed by atoms with Gasteiger partial charge in [-0.25, -0.2) is 0 Å². The van der Waals surface area contributed by atoms with Gasteiger partial charge in [0.15, 0.2) is 5.96 Å². The first-order valence-corrected chi connectivity index (χ1v) is 9.99. The van der Waals surface area contributed by atoms with Crippen molar-refractivity contribution in [3.8, 4) is 0 Å². The molecule has 28 heavy (non-hydrogen) atoms. The molecule has 5 nitrogen and oxygen atoms in total. The van der Waals surface area contributed by atoms with Crippen LogP contribution >= 0.6 is 0 Å². The topological polar surface area (TPSA) is 65.9 Å². The molecule has 2 aromatic carbocycles. The minimum Gasteiger partial charge on any atom is -0.389 e. The second-order valence-electron chi connectivity index (χ2n) is 7.01. The second-order valence-corrected chi connectivity index (χ2v) is 7.01. The van der Waals surface area contributed by atoms with Gasteiger partial charge in [0.2, 0.25) is 0 Å². The minimum atomic E-state index is -0.638. The van der Waals surface area contributed by atoms with Crippen LogP contribution in [0.1, 0.15) is 37.8 Å². The van der Waals surface area contributed by atoms with E-state index >= 15 is 0 Å². The fourth-order valence-electron chi connectivity index (χ4n) is 2.84. The van der Waals surface area contributed by atoms with Crippen molar-refractivity contribution in [3.63, 3.8) is 0 Å². The molecule has 0 bridgehead atoms. The molecule has 3 atom stereocenters. The van der Waals surface area contributed by atoms with Crippen LogP contribution in [0.15, 0.2) is 65.7 Å². The van der Waals surface area contributed by atoms with Crippen LogP contribution in [-0.2, 0) is 11.3 Å². The van der Waals surface area contributed by atoms with Crippen molar-refractivity contribution in [2.75, 3.05) is 19.7 Å². The van der Waals surface area contributed by atoms with E-state index in [9.17, 15) is 5.11 Å². The molecule has 0 aromatic heterocycles. The molecule has 0 aliphatic rings. The van der Waals surface area contributed by atoms with Gasteiger partial charge in [0.1, 0.15) is 0 Å². The Morgan fingerprint density at radius 2 is 1.68 bits per heavy atom. The van der Waals surface area contributed by atoms with E-state index in [4.69, 9.17) is 4.74 Å². The van der Waals surface area contributed by atoms with Crippen molar-refractivity contribution in [2.45, 2.75) is 45.4 Å². The molecule has 5 heteroatoms. The van der Waals surface area contributed by atoms with Gasteiger partial charge in [0.05, 0.1) is 25.9 Å². The van der Waals surface area contributed by atoms with Crippen LogP contribution in [0, 0.1) is 0 Å². The Morgan fingerprint density at radius 3 is 2.32 bits per heavy atom. The molecule has 0 heterocycles. The quantitative estimate of drug-likeness (QED) is 0.435. The van der Waals surface area contributed by atoms with Gasteiger partial charge < -0.3 is 20.5 Å². The lowest BCUT2D eigenvalue weighted by atomic mass is 9.94. The third kappa shape index (κ3) is 7.71. The Balaban J connectivity index is 1.81. The number of ether oxygens (including phenoxy) is 1. The van der Waals surface area contributed by atoms with Gasteiger partial charge in [0, 0.05) is 18.5 Å². The summed E-state index contributed by atoms with van der Waals surface area (Å²) in [5, 5.41) is 16.9. The van der Waals surface area contributed by atoms with Crippen LogP contribution in [-0.4, -0.2) is 42.9 Å². The summed E-state index contributed by atoms with van der Waals surface area (Å²) in [5.74, 6) is 1.05. The Morgan fingerprint density at radius 1 is 1.04 bits per heavy atom. The maximum absolute atomic E-state index is 10.2. The lowest BCUT2D eigenvalue weighted by Gasteiger charge is -2.24. The van der Waals surface area contributed by atoms with Gasteiger partial charge in [0.25, 0.3) is 0 Å². The summed E-state index contributed by atoms with van der Waals surface area (Å²) in [5.41, 5.74) is 2.38. The minimum absolute atomic E-state index is 0.201. The third-order valence-electron chi connectivity index (χ3n) is 4.67. The van der Waals surface area contributed by atoms with Gasteiger partial charge in [-0.05, 0) is 25.0 Å². The van der Waals surface area contributed by atoms with Crippen LogP contribution in [0.3, 0.4) is 0 Å². The highest BCUT2D eigenvalue weighted by Crippen LogP contribution is 2.18. The normalized spacial score (nSPS) is 14.9. The smallest absolute Gasteiger partial charge is 0.191 e. The molecule has 152 valence electrons. The Hall–Kier alpha value is -2.37. The molecular formula is C23H33N3O2. The molecule has 3 N–H and O–H groups in total. The average Bonchev–Trinajstić information content (AvgIpc) is 2.73. The predicted molar refractivity (Wildman–Crippen MR) is 116 cm³/mol. The lowest BCUT2D eigenvalue weighted by Crippen LogP contribution is -2.44. The highest BCUT2D eigenvalue weighted by Gasteiger charge is 2.15. The standard InChI is InChI=1S/C23H33N3O2/c1-4-24-23(26-19(3)18(2)21-13-9-6-10-14-21)25-15-22(27)17-28-16-20-11-7-5-8-12-20/h5-14,18-19,22,27H,4,15-17H2,1-3H3,(H2,24,25,26). The Labute approximate surface area is 168 Å². The van der Waals surface area contributed by atoms with E-state index < -0.39 is 6.10 Å². The zero-order valence-electron chi connectivity index (χ0n) is 17.1. The summed E-state index contributed by atoms with van der Waals surface area (Å²) in [7, 11) is 0. The molecule has 0 saturated heterocycles. The Bertz CT molecular complexity index is 692. The van der Waals surface area contributed by atoms with Crippen LogP contribution in [0.2, 0.25) is 0 Å². The van der Waals surface area contributed by atoms with Crippen LogP contribution in [0.5, 0.6) is 0 Å². The molecule has 2 aromatic rings. The lowest BCUT2D eigenvalue weighted by molar-refractivity contribution is 0.0331. The van der Waals surface area contributed by atoms with E-state index in [0.717, 1.165) is 12.1 Å². The number of hydrogen-bond acceptors (Lipinski definition) is 3. The fraction of sp³-hybridized carbons (Fsp3) is 0.435. The van der Waals surface area contributed by atoms with Crippen LogP contribution in [0.4, 0.5) is 0 Å². The number of aliphatic hydroxyl groups is 1. The first-order chi connectivity index (χ1) is 13.6. The molecule has 0 radical (unpaired) electrons. The summed E-state index contributed by atoms with van der Waals surface area (Å²) in [6, 6.07) is 20.6. The molecule has 0 aliphatic heterocycles. The zero-order chi connectivity index (χ0) is 20.2. The van der Waals surface area contributed by atoms with Crippen molar-refractivity contribution in [1.29, 1.82) is 0 Å². The number of aliphatic imine (C=N–C) groups is 1. The molecule has 3 unspecified atom stereocenters. The van der Waals surface area contributed by atoms with Gasteiger partial charge in [-0.2, -0.15) is 0 Å². The van der Waals surface area contributed by atoms with Crippen molar-refractivity contribution in [1.82, 2.24) is 10.6 Å². The van der Waals surface area contributed by atoms with E-state index in [0.29, 0.717) is 18.5 Å². The number of guanidine groups is 1. The molecule has 0 fully saturated rings. The number of rotatable bonds is 10. The highest BCUT2D eigenvalue weighted by molar-refractivity contribution is 5.80. The van der Waals surface area contributed by atoms with Gasteiger partial charge in [-0.1, -0.05) is 67.6 Å². The molecule has 0 aliphatic carbocycles. The molecular weight excluding hydrogens is 350 g/mol. The summed E-state index contributed by atoms with van der Waals surface area (Å²) < 4.78 is 5.59. The van der Waals surface area contributed by atoms with Crippen molar-refractivity contribution < 1.29 is 9.84 Å². The first-order valence-electron chi connectivity index (χ1n) is 9.99. The summed E-state index contributed by atoms with van der Waals surface area (Å²) >= 11 is 0. The monoisotopic (exact) mass is 383 g/mol. The number of aliphatic hydroxyl groups excluding tert-OH is 1. The van der Waals surface area contributed by atoms with Crippen LogP contribution in [0.25, 0.3) is 0 Å². The van der Waals surface area contributed by atoms with Gasteiger partial charge in [-0.3, -0.25) is 4.99 Å². The van der Waals surface area contributed by atoms with Gasteiger partial charge >= 0.3 is 0 Å². The van der Waals surface area contributed by atoms with E-state index in [1.54, 1.807) is 0 Å². The first kappa shape index (κ1) is 21.9. The zero-order valence-corrected chi connectivity index (χ0v) is 17.1. The van der Waals surface area contributed by atoms with Crippen molar-refractivity contribution >= 4 is 5.96 Å². The molecule has 0 amide bonds. The SMILES string of the molecule is CCNC(=NCC(O)COCc1ccccc1)NC(C)C(C)c1ccccc1. The molecule has 2 rings (SSSR count). The number of hydrogen-bond donors (Lipinski definition) is 3. The van der Waals surface area contributed by atoms with E-state index in [2.05, 4.69) is 53.7 Å².